The lowest BCUT2D eigenvalue weighted by Gasteiger charge is -2.31. The molecule has 0 fully saturated rings. The fraction of sp³-hybridized carbons (Fsp3) is 0.0625. The van der Waals surface area contributed by atoms with Crippen molar-refractivity contribution >= 4 is 48.5 Å². The Bertz CT molecular complexity index is 3620. The van der Waals surface area contributed by atoms with Gasteiger partial charge in [0.05, 0.1) is 11.1 Å². The van der Waals surface area contributed by atoms with Gasteiger partial charge in [0.25, 0.3) is 0 Å². The van der Waals surface area contributed by atoms with Gasteiger partial charge >= 0.3 is 0 Å². The summed E-state index contributed by atoms with van der Waals surface area (Å²) < 4.78 is 2.66. The molecule has 2 aliphatic rings. The summed E-state index contributed by atoms with van der Waals surface area (Å²) in [6.07, 6.45) is 11.1. The van der Waals surface area contributed by atoms with Crippen molar-refractivity contribution in [2.24, 2.45) is 0 Å². The highest BCUT2D eigenvalue weighted by molar-refractivity contribution is 7.26. The largest absolute Gasteiger partial charge is 0.317 e. The maximum Gasteiger partial charge on any atom is 0.0726 e. The zero-order valence-corrected chi connectivity index (χ0v) is 38.1. The maximum atomic E-state index is 2.44. The molecule has 0 N–H and O–H groups in total. The number of anilines is 2. The Morgan fingerprint density at radius 3 is 1.91 bits per heavy atom. The average Bonchev–Trinajstić information content (AvgIpc) is 4.00. The number of hydrogen-bond acceptors (Lipinski definition) is 2. The highest BCUT2D eigenvalue weighted by atomic mass is 32.1. The van der Waals surface area contributed by atoms with Gasteiger partial charge in [-0.3, -0.25) is 0 Å². The van der Waals surface area contributed by atoms with Crippen LogP contribution in [-0.4, -0.2) is 0 Å². The summed E-state index contributed by atoms with van der Waals surface area (Å²) in [6.45, 7) is 6.50. The Morgan fingerprint density at radius 2 is 1.14 bits per heavy atom. The van der Waals surface area contributed by atoms with E-state index in [2.05, 4.69) is 256 Å². The molecule has 0 radical (unpaired) electrons. The highest BCUT2D eigenvalue weighted by Crippen LogP contribution is 2.66. The second kappa shape index (κ2) is 16.0. The lowest BCUT2D eigenvalue weighted by Crippen LogP contribution is -2.26. The van der Waals surface area contributed by atoms with Crippen molar-refractivity contribution in [1.29, 1.82) is 0 Å². The molecule has 1 heterocycles. The van der Waals surface area contributed by atoms with E-state index in [1.165, 1.54) is 104 Å². The summed E-state index contributed by atoms with van der Waals surface area (Å²) in [6, 6.07) is 74.3. The molecule has 66 heavy (non-hydrogen) atoms. The van der Waals surface area contributed by atoms with Crippen LogP contribution in [0.2, 0.25) is 0 Å². The Hall–Kier alpha value is -7.78. The van der Waals surface area contributed by atoms with Crippen molar-refractivity contribution in [3.63, 3.8) is 0 Å². The van der Waals surface area contributed by atoms with E-state index in [0.29, 0.717) is 0 Å². The van der Waals surface area contributed by atoms with E-state index in [1.54, 1.807) is 0 Å². The molecule has 1 atom stereocenters. The Morgan fingerprint density at radius 1 is 0.500 bits per heavy atom. The van der Waals surface area contributed by atoms with Gasteiger partial charge in [0, 0.05) is 37.6 Å². The molecule has 2 heteroatoms. The van der Waals surface area contributed by atoms with Crippen LogP contribution in [-0.2, 0) is 5.41 Å². The van der Waals surface area contributed by atoms with Gasteiger partial charge in [-0.1, -0.05) is 182 Å². The summed E-state index contributed by atoms with van der Waals surface area (Å²) >= 11 is 1.90. The lowest BCUT2D eigenvalue weighted by atomic mass is 9.70. The normalized spacial score (nSPS) is 14.9. The number of allylic oxidation sites excluding steroid dienone is 5. The number of fused-ring (bicyclic) bond motifs is 14. The minimum absolute atomic E-state index is 0.489. The molecule has 1 spiro atoms. The predicted molar refractivity (Wildman–Crippen MR) is 283 cm³/mol. The Labute approximate surface area is 391 Å². The van der Waals surface area contributed by atoms with Crippen LogP contribution in [0.4, 0.5) is 11.4 Å². The number of rotatable bonds is 8. The molecule has 0 aliphatic heterocycles. The van der Waals surface area contributed by atoms with Gasteiger partial charge < -0.3 is 4.90 Å². The summed E-state index contributed by atoms with van der Waals surface area (Å²) in [4.78, 5) is 2.40. The Balaban J connectivity index is 1.06. The SMILES string of the molecule is C\C=C/C(=C\C=C\N(c1ccc(-c2ccccc2)cc1)c1cccc2c1-c1ccccc1C21c2ccccc2-c2c1ccc1sc3ccccc3c21)c1ccc(C)c(-c2ccccc2C)c1. The number of thiophene rings is 1. The summed E-state index contributed by atoms with van der Waals surface area (Å²) in [5.74, 6) is 0. The third kappa shape index (κ3) is 6.13. The molecule has 0 amide bonds. The van der Waals surface area contributed by atoms with Crippen LogP contribution < -0.4 is 4.90 Å². The third-order valence-electron chi connectivity index (χ3n) is 14.0. The van der Waals surface area contributed by atoms with Crippen molar-refractivity contribution in [3.05, 3.63) is 270 Å². The summed E-state index contributed by atoms with van der Waals surface area (Å²) in [7, 11) is 0. The number of aryl methyl sites for hydroxylation is 2. The van der Waals surface area contributed by atoms with Crippen LogP contribution in [0.1, 0.15) is 45.9 Å². The monoisotopic (exact) mass is 861 g/mol. The van der Waals surface area contributed by atoms with E-state index in [4.69, 9.17) is 0 Å². The standard InChI is InChI=1S/C64H47NS/c1-4-18-44(47-33-32-43(3)53(41-47)49-23-9-8-19-42(49)2)22-17-40-65(48-36-34-46(35-37-48)45-20-6-5-7-21-45)58-30-16-29-56-61(58)50-24-10-13-27-54(50)64(56)55-28-14-11-25-51(55)62-57(64)38-39-60-63(62)52-26-12-15-31-59(52)66-60/h4-41H,1-3H3/b18-4-,40-17+,44-22+. The zero-order chi connectivity index (χ0) is 44.4. The fourth-order valence-corrected chi connectivity index (χ4v) is 12.2. The van der Waals surface area contributed by atoms with E-state index in [-0.39, 0.29) is 0 Å². The van der Waals surface area contributed by atoms with Crippen molar-refractivity contribution in [2.45, 2.75) is 26.2 Å². The molecule has 9 aromatic carbocycles. The molecule has 1 aromatic heterocycles. The van der Waals surface area contributed by atoms with E-state index in [9.17, 15) is 0 Å². The smallest absolute Gasteiger partial charge is 0.0726 e. The van der Waals surface area contributed by atoms with Crippen molar-refractivity contribution in [1.82, 2.24) is 0 Å². The van der Waals surface area contributed by atoms with Crippen LogP contribution in [0, 0.1) is 13.8 Å². The predicted octanol–water partition coefficient (Wildman–Crippen LogP) is 17.7. The topological polar surface area (TPSA) is 3.24 Å². The highest BCUT2D eigenvalue weighted by Gasteiger charge is 2.53. The molecule has 12 rings (SSSR count). The minimum Gasteiger partial charge on any atom is -0.317 e. The third-order valence-corrected chi connectivity index (χ3v) is 15.1. The first kappa shape index (κ1) is 39.8. The van der Waals surface area contributed by atoms with E-state index < -0.39 is 5.41 Å². The second-order valence-corrected chi connectivity index (χ2v) is 18.7. The molecule has 2 aliphatic carbocycles. The molecular weight excluding hydrogens is 815 g/mol. The summed E-state index contributed by atoms with van der Waals surface area (Å²) in [5.41, 5.74) is 22.2. The Kier molecular flexibility index (Phi) is 9.66. The van der Waals surface area contributed by atoms with Gasteiger partial charge in [0.2, 0.25) is 0 Å². The van der Waals surface area contributed by atoms with Crippen LogP contribution in [0.3, 0.4) is 0 Å². The zero-order valence-electron chi connectivity index (χ0n) is 37.3. The van der Waals surface area contributed by atoms with E-state index >= 15 is 0 Å². The molecule has 10 aromatic rings. The lowest BCUT2D eigenvalue weighted by molar-refractivity contribution is 0.794. The van der Waals surface area contributed by atoms with Crippen LogP contribution >= 0.6 is 11.3 Å². The molecule has 314 valence electrons. The first-order valence-corrected chi connectivity index (χ1v) is 23.8. The molecule has 1 unspecified atom stereocenters. The van der Waals surface area contributed by atoms with Crippen LogP contribution in [0.15, 0.2) is 231 Å². The fourth-order valence-electron chi connectivity index (χ4n) is 11.0. The molecule has 0 bridgehead atoms. The van der Waals surface area contributed by atoms with E-state index in [0.717, 1.165) is 16.9 Å². The van der Waals surface area contributed by atoms with Gasteiger partial charge in [-0.15, -0.1) is 11.3 Å². The molecule has 0 saturated heterocycles. The molecule has 0 saturated carbocycles. The van der Waals surface area contributed by atoms with Gasteiger partial charge in [-0.2, -0.15) is 0 Å². The number of benzene rings is 9. The average molecular weight is 862 g/mol. The molecular formula is C64H47NS. The quantitative estimate of drug-likeness (QED) is 0.138. The second-order valence-electron chi connectivity index (χ2n) is 17.6. The molecule has 1 nitrogen and oxygen atoms in total. The van der Waals surface area contributed by atoms with Gasteiger partial charge in [-0.05, 0) is 147 Å². The first-order chi connectivity index (χ1) is 32.5. The van der Waals surface area contributed by atoms with Crippen LogP contribution in [0.25, 0.3) is 70.3 Å². The van der Waals surface area contributed by atoms with Gasteiger partial charge in [-0.25, -0.2) is 0 Å². The first-order valence-electron chi connectivity index (χ1n) is 23.0. The van der Waals surface area contributed by atoms with E-state index in [1.807, 2.05) is 11.3 Å². The summed E-state index contributed by atoms with van der Waals surface area (Å²) in [5, 5.41) is 2.70. The maximum absolute atomic E-state index is 2.44. The van der Waals surface area contributed by atoms with Crippen molar-refractivity contribution in [2.75, 3.05) is 4.90 Å². The van der Waals surface area contributed by atoms with Gasteiger partial charge in [0.15, 0.2) is 0 Å². The number of nitrogens with zero attached hydrogens (tertiary/aromatic N) is 1. The van der Waals surface area contributed by atoms with Crippen LogP contribution in [0.5, 0.6) is 0 Å². The minimum atomic E-state index is -0.489. The van der Waals surface area contributed by atoms with Crippen molar-refractivity contribution < 1.29 is 0 Å². The van der Waals surface area contributed by atoms with Gasteiger partial charge in [0.1, 0.15) is 0 Å². The number of hydrogen-bond donors (Lipinski definition) is 0. The van der Waals surface area contributed by atoms with Crippen molar-refractivity contribution in [3.8, 4) is 44.5 Å².